The molecule has 0 spiro atoms. The molecule has 4 heteroatoms. The van der Waals surface area contributed by atoms with Crippen molar-refractivity contribution in [3.63, 3.8) is 0 Å². The summed E-state index contributed by atoms with van der Waals surface area (Å²) < 4.78 is 0. The van der Waals surface area contributed by atoms with Crippen LogP contribution in [-0.2, 0) is 4.79 Å². The topological polar surface area (TPSA) is 43.8 Å². The minimum absolute atomic E-state index is 0.0615. The zero-order valence-electron chi connectivity index (χ0n) is 12.2. The van der Waals surface area contributed by atoms with Crippen LogP contribution in [-0.4, -0.2) is 54.6 Å². The van der Waals surface area contributed by atoms with E-state index in [4.69, 9.17) is 0 Å². The maximum absolute atomic E-state index is 10.9. The predicted molar refractivity (Wildman–Crippen MR) is 81.0 cm³/mol. The van der Waals surface area contributed by atoms with Crippen molar-refractivity contribution in [2.75, 3.05) is 37.6 Å². The van der Waals surface area contributed by atoms with Crippen LogP contribution in [0.5, 0.6) is 0 Å². The molecule has 1 heterocycles. The molecule has 1 aliphatic heterocycles. The maximum Gasteiger partial charge on any atom is 0.132 e. The fourth-order valence-electron chi connectivity index (χ4n) is 2.63. The molecule has 0 saturated carbocycles. The Bertz CT molecular complexity index is 414. The molecule has 0 aliphatic carbocycles. The first-order valence-corrected chi connectivity index (χ1v) is 7.35. The van der Waals surface area contributed by atoms with Crippen molar-refractivity contribution < 1.29 is 9.90 Å². The van der Waals surface area contributed by atoms with Crippen molar-refractivity contribution in [2.45, 2.75) is 25.9 Å². The van der Waals surface area contributed by atoms with Gasteiger partial charge in [0.05, 0.1) is 6.10 Å². The van der Waals surface area contributed by atoms with Crippen LogP contribution in [0.4, 0.5) is 5.69 Å². The van der Waals surface area contributed by atoms with E-state index in [0.29, 0.717) is 6.42 Å². The molecule has 0 aromatic heterocycles. The summed E-state index contributed by atoms with van der Waals surface area (Å²) in [5.74, 6) is 0.0615. The summed E-state index contributed by atoms with van der Waals surface area (Å²) >= 11 is 0. The Morgan fingerprint density at radius 3 is 2.45 bits per heavy atom. The lowest BCUT2D eigenvalue weighted by Gasteiger charge is -2.36. The summed E-state index contributed by atoms with van der Waals surface area (Å²) in [6, 6.07) is 10.5. The second-order valence-corrected chi connectivity index (χ2v) is 5.51. The Labute approximate surface area is 121 Å². The van der Waals surface area contributed by atoms with Crippen LogP contribution in [0, 0.1) is 0 Å². The average Bonchev–Trinajstić information content (AvgIpc) is 2.46. The van der Waals surface area contributed by atoms with Crippen LogP contribution in [0.3, 0.4) is 0 Å². The van der Waals surface area contributed by atoms with Crippen LogP contribution >= 0.6 is 0 Å². The van der Waals surface area contributed by atoms with Gasteiger partial charge in [0.25, 0.3) is 0 Å². The number of anilines is 1. The average molecular weight is 276 g/mol. The zero-order chi connectivity index (χ0) is 14.4. The van der Waals surface area contributed by atoms with Gasteiger partial charge in [-0.25, -0.2) is 0 Å². The van der Waals surface area contributed by atoms with Gasteiger partial charge in [0.1, 0.15) is 5.78 Å². The van der Waals surface area contributed by atoms with Gasteiger partial charge >= 0.3 is 0 Å². The number of hydrogen-bond acceptors (Lipinski definition) is 4. The van der Waals surface area contributed by atoms with E-state index in [1.165, 1.54) is 12.6 Å². The van der Waals surface area contributed by atoms with Crippen LogP contribution in [0.2, 0.25) is 0 Å². The normalized spacial score (nSPS) is 18.0. The number of benzene rings is 1. The van der Waals surface area contributed by atoms with Gasteiger partial charge in [-0.05, 0) is 25.5 Å². The molecular formula is C16H24N2O2. The molecule has 0 amide bonds. The zero-order valence-corrected chi connectivity index (χ0v) is 12.2. The number of para-hydroxylation sites is 1. The smallest absolute Gasteiger partial charge is 0.132 e. The molecule has 2 rings (SSSR count). The number of hydrogen-bond donors (Lipinski definition) is 1. The van der Waals surface area contributed by atoms with E-state index < -0.39 is 6.10 Å². The van der Waals surface area contributed by atoms with E-state index in [2.05, 4.69) is 34.1 Å². The number of rotatable bonds is 6. The Morgan fingerprint density at radius 1 is 1.20 bits per heavy atom. The monoisotopic (exact) mass is 276 g/mol. The van der Waals surface area contributed by atoms with E-state index in [9.17, 15) is 9.90 Å². The van der Waals surface area contributed by atoms with Gasteiger partial charge in [-0.2, -0.15) is 0 Å². The van der Waals surface area contributed by atoms with E-state index >= 15 is 0 Å². The highest BCUT2D eigenvalue weighted by atomic mass is 16.3. The first kappa shape index (κ1) is 15.0. The first-order chi connectivity index (χ1) is 9.65. The fraction of sp³-hybridized carbons (Fsp3) is 0.562. The summed E-state index contributed by atoms with van der Waals surface area (Å²) in [6.07, 6.45) is 0.481. The van der Waals surface area contributed by atoms with E-state index in [0.717, 1.165) is 32.7 Å². The summed E-state index contributed by atoms with van der Waals surface area (Å²) in [5.41, 5.74) is 1.28. The summed E-state index contributed by atoms with van der Waals surface area (Å²) in [4.78, 5) is 15.7. The SMILES string of the molecule is CC(=O)CC(O)CCN1CCN(c2ccccc2)CC1. The third kappa shape index (κ3) is 4.62. The Hall–Kier alpha value is -1.39. The lowest BCUT2D eigenvalue weighted by Crippen LogP contribution is -2.47. The third-order valence-corrected chi connectivity index (χ3v) is 3.80. The van der Waals surface area contributed by atoms with Crippen molar-refractivity contribution in [3.05, 3.63) is 30.3 Å². The second-order valence-electron chi connectivity index (χ2n) is 5.51. The quantitative estimate of drug-likeness (QED) is 0.856. The number of nitrogens with zero attached hydrogens (tertiary/aromatic N) is 2. The number of carbonyl (C=O) groups is 1. The Morgan fingerprint density at radius 2 is 1.85 bits per heavy atom. The Balaban J connectivity index is 1.71. The molecule has 1 fully saturated rings. The van der Waals surface area contributed by atoms with Crippen molar-refractivity contribution in [1.82, 2.24) is 4.90 Å². The first-order valence-electron chi connectivity index (χ1n) is 7.35. The molecule has 0 bridgehead atoms. The molecule has 1 atom stereocenters. The molecule has 1 unspecified atom stereocenters. The molecule has 20 heavy (non-hydrogen) atoms. The number of carbonyl (C=O) groups excluding carboxylic acids is 1. The largest absolute Gasteiger partial charge is 0.393 e. The molecule has 110 valence electrons. The number of piperazine rings is 1. The molecule has 1 saturated heterocycles. The predicted octanol–water partition coefficient (Wildman–Crippen LogP) is 1.54. The van der Waals surface area contributed by atoms with Gasteiger partial charge < -0.3 is 10.0 Å². The van der Waals surface area contributed by atoms with Crippen molar-refractivity contribution in [1.29, 1.82) is 0 Å². The van der Waals surface area contributed by atoms with Gasteiger partial charge in [-0.1, -0.05) is 18.2 Å². The third-order valence-electron chi connectivity index (χ3n) is 3.80. The lowest BCUT2D eigenvalue weighted by atomic mass is 10.1. The van der Waals surface area contributed by atoms with Gasteiger partial charge in [-0.3, -0.25) is 9.69 Å². The second kappa shape index (κ2) is 7.41. The molecule has 0 radical (unpaired) electrons. The standard InChI is InChI=1S/C16H24N2O2/c1-14(19)13-16(20)7-8-17-9-11-18(12-10-17)15-5-3-2-4-6-15/h2-6,16,20H,7-13H2,1H3. The minimum Gasteiger partial charge on any atom is -0.393 e. The molecule has 4 nitrogen and oxygen atoms in total. The number of aliphatic hydroxyl groups is 1. The van der Waals surface area contributed by atoms with E-state index in [-0.39, 0.29) is 12.2 Å². The van der Waals surface area contributed by atoms with Crippen molar-refractivity contribution >= 4 is 11.5 Å². The molecule has 1 aromatic carbocycles. The number of aliphatic hydroxyl groups excluding tert-OH is 1. The van der Waals surface area contributed by atoms with Crippen LogP contribution in [0.25, 0.3) is 0 Å². The summed E-state index contributed by atoms with van der Waals surface area (Å²) in [5, 5.41) is 9.72. The highest BCUT2D eigenvalue weighted by molar-refractivity contribution is 5.75. The van der Waals surface area contributed by atoms with E-state index in [1.54, 1.807) is 0 Å². The lowest BCUT2D eigenvalue weighted by molar-refractivity contribution is -0.118. The minimum atomic E-state index is -0.486. The van der Waals surface area contributed by atoms with Gasteiger partial charge in [0, 0.05) is 44.8 Å². The molecule has 1 N–H and O–H groups in total. The van der Waals surface area contributed by atoms with Crippen LogP contribution in [0.1, 0.15) is 19.8 Å². The molecule has 1 aliphatic rings. The van der Waals surface area contributed by atoms with Gasteiger partial charge in [0.2, 0.25) is 0 Å². The maximum atomic E-state index is 10.9. The van der Waals surface area contributed by atoms with E-state index in [1.807, 2.05) is 6.07 Å². The van der Waals surface area contributed by atoms with Crippen LogP contribution < -0.4 is 4.90 Å². The summed E-state index contributed by atoms with van der Waals surface area (Å²) in [6.45, 7) is 6.47. The number of ketones is 1. The highest BCUT2D eigenvalue weighted by Gasteiger charge is 2.18. The van der Waals surface area contributed by atoms with Gasteiger partial charge in [-0.15, -0.1) is 0 Å². The van der Waals surface area contributed by atoms with Crippen molar-refractivity contribution in [3.8, 4) is 0 Å². The fourth-order valence-corrected chi connectivity index (χ4v) is 2.63. The highest BCUT2D eigenvalue weighted by Crippen LogP contribution is 2.15. The van der Waals surface area contributed by atoms with Crippen LogP contribution in [0.15, 0.2) is 30.3 Å². The Kier molecular flexibility index (Phi) is 5.56. The number of Topliss-reactive ketones (excluding diaryl/α,β-unsaturated/α-hetero) is 1. The summed E-state index contributed by atoms with van der Waals surface area (Å²) in [7, 11) is 0. The van der Waals surface area contributed by atoms with Crippen molar-refractivity contribution in [2.24, 2.45) is 0 Å². The molecular weight excluding hydrogens is 252 g/mol. The van der Waals surface area contributed by atoms with Gasteiger partial charge in [0.15, 0.2) is 0 Å². The molecule has 1 aromatic rings.